The summed E-state index contributed by atoms with van der Waals surface area (Å²) in [6, 6.07) is 0.678. The van der Waals surface area contributed by atoms with Gasteiger partial charge in [-0.25, -0.2) is 0 Å². The van der Waals surface area contributed by atoms with E-state index < -0.39 is 0 Å². The Labute approximate surface area is 112 Å². The molecule has 2 nitrogen and oxygen atoms in total. The number of hydrogen-bond acceptors (Lipinski definition) is 3. The predicted octanol–water partition coefficient (Wildman–Crippen LogP) is 2.84. The van der Waals surface area contributed by atoms with E-state index in [4.69, 9.17) is 0 Å². The molecule has 1 heterocycles. The van der Waals surface area contributed by atoms with Gasteiger partial charge in [-0.15, -0.1) is 0 Å². The van der Waals surface area contributed by atoms with Crippen LogP contribution in [0.15, 0.2) is 0 Å². The van der Waals surface area contributed by atoms with Crippen LogP contribution < -0.4 is 5.32 Å². The number of rotatable bonds is 4. The topological polar surface area (TPSA) is 15.3 Å². The Kier molecular flexibility index (Phi) is 5.81. The van der Waals surface area contributed by atoms with Crippen LogP contribution in [0.5, 0.6) is 0 Å². The summed E-state index contributed by atoms with van der Waals surface area (Å²) in [7, 11) is 0. The van der Waals surface area contributed by atoms with E-state index in [0.717, 1.165) is 17.7 Å². The van der Waals surface area contributed by atoms with Crippen LogP contribution >= 0.6 is 11.8 Å². The highest BCUT2D eigenvalue weighted by molar-refractivity contribution is 7.99. The van der Waals surface area contributed by atoms with Crippen LogP contribution in [0, 0.1) is 5.92 Å². The van der Waals surface area contributed by atoms with Crippen molar-refractivity contribution in [3.63, 3.8) is 0 Å². The molecule has 0 spiro atoms. The fraction of sp³-hybridized carbons (Fsp3) is 1.00. The Bertz CT molecular complexity index is 223. The Morgan fingerprint density at radius 3 is 2.47 bits per heavy atom. The van der Waals surface area contributed by atoms with Crippen molar-refractivity contribution in [2.45, 2.75) is 58.4 Å². The molecule has 0 bridgehead atoms. The summed E-state index contributed by atoms with van der Waals surface area (Å²) in [6.07, 6.45) is 0. The van der Waals surface area contributed by atoms with Crippen molar-refractivity contribution in [3.8, 4) is 0 Å². The molecule has 1 aliphatic rings. The minimum absolute atomic E-state index is 0.225. The highest BCUT2D eigenvalue weighted by atomic mass is 32.2. The van der Waals surface area contributed by atoms with E-state index in [-0.39, 0.29) is 5.54 Å². The van der Waals surface area contributed by atoms with Gasteiger partial charge >= 0.3 is 0 Å². The van der Waals surface area contributed by atoms with Crippen molar-refractivity contribution >= 4 is 11.8 Å². The fourth-order valence-electron chi connectivity index (χ4n) is 2.34. The monoisotopic (exact) mass is 258 g/mol. The third-order valence-corrected chi connectivity index (χ3v) is 4.49. The van der Waals surface area contributed by atoms with Crippen molar-refractivity contribution in [2.24, 2.45) is 5.92 Å². The van der Waals surface area contributed by atoms with Gasteiger partial charge in [-0.3, -0.25) is 4.90 Å². The number of nitrogens with zero attached hydrogens (tertiary/aromatic N) is 1. The van der Waals surface area contributed by atoms with E-state index in [1.54, 1.807) is 0 Å². The van der Waals surface area contributed by atoms with E-state index in [0.29, 0.717) is 6.04 Å². The molecule has 2 atom stereocenters. The average Bonchev–Trinajstić information content (AvgIpc) is 2.15. The molecule has 0 aromatic heterocycles. The lowest BCUT2D eigenvalue weighted by Crippen LogP contribution is -2.53. The molecule has 0 amide bonds. The third-order valence-electron chi connectivity index (χ3n) is 3.35. The lowest BCUT2D eigenvalue weighted by Gasteiger charge is -2.40. The largest absolute Gasteiger partial charge is 0.311 e. The Morgan fingerprint density at radius 1 is 1.35 bits per heavy atom. The zero-order valence-electron chi connectivity index (χ0n) is 12.4. The first kappa shape index (κ1) is 15.3. The van der Waals surface area contributed by atoms with E-state index in [9.17, 15) is 0 Å². The summed E-state index contributed by atoms with van der Waals surface area (Å²) >= 11 is 2.11. The maximum absolute atomic E-state index is 3.67. The van der Waals surface area contributed by atoms with Crippen LogP contribution in [0.25, 0.3) is 0 Å². The molecule has 1 saturated heterocycles. The van der Waals surface area contributed by atoms with Gasteiger partial charge in [0, 0.05) is 42.2 Å². The molecule has 0 radical (unpaired) electrons. The molecule has 0 aromatic rings. The molecule has 1 rings (SSSR count). The Balaban J connectivity index is 2.53. The highest BCUT2D eigenvalue weighted by Crippen LogP contribution is 2.22. The molecule has 0 aliphatic carbocycles. The lowest BCUT2D eigenvalue weighted by molar-refractivity contribution is 0.150. The van der Waals surface area contributed by atoms with Crippen LogP contribution in [0.3, 0.4) is 0 Å². The molecule has 2 unspecified atom stereocenters. The van der Waals surface area contributed by atoms with Crippen molar-refractivity contribution in [3.05, 3.63) is 0 Å². The molecule has 102 valence electrons. The van der Waals surface area contributed by atoms with Crippen LogP contribution in [-0.2, 0) is 0 Å². The van der Waals surface area contributed by atoms with Gasteiger partial charge in [0.2, 0.25) is 0 Å². The number of nitrogens with one attached hydrogen (secondary N) is 1. The zero-order chi connectivity index (χ0) is 13.1. The summed E-state index contributed by atoms with van der Waals surface area (Å²) in [5.41, 5.74) is 0.225. The molecular weight excluding hydrogens is 228 g/mol. The summed E-state index contributed by atoms with van der Waals surface area (Å²) in [4.78, 5) is 2.69. The van der Waals surface area contributed by atoms with Crippen LogP contribution in [0.1, 0.15) is 41.5 Å². The van der Waals surface area contributed by atoms with Crippen LogP contribution in [0.4, 0.5) is 0 Å². The average molecular weight is 258 g/mol. The van der Waals surface area contributed by atoms with Gasteiger partial charge in [0.15, 0.2) is 0 Å². The van der Waals surface area contributed by atoms with Gasteiger partial charge in [-0.1, -0.05) is 20.8 Å². The second-order valence-electron chi connectivity index (χ2n) is 6.62. The van der Waals surface area contributed by atoms with Gasteiger partial charge < -0.3 is 5.32 Å². The molecular formula is C14H30N2S. The Morgan fingerprint density at radius 2 is 2.00 bits per heavy atom. The lowest BCUT2D eigenvalue weighted by atomic mass is 10.00. The van der Waals surface area contributed by atoms with Gasteiger partial charge in [0.05, 0.1) is 0 Å². The third kappa shape index (κ3) is 5.62. The van der Waals surface area contributed by atoms with Crippen molar-refractivity contribution in [1.29, 1.82) is 0 Å². The van der Waals surface area contributed by atoms with Crippen LogP contribution in [-0.4, -0.2) is 47.1 Å². The maximum Gasteiger partial charge on any atom is 0.0244 e. The minimum Gasteiger partial charge on any atom is -0.311 e. The predicted molar refractivity (Wildman–Crippen MR) is 79.9 cm³/mol. The Hall–Kier alpha value is 0.270. The molecule has 1 fully saturated rings. The quantitative estimate of drug-likeness (QED) is 0.835. The molecule has 1 N–H and O–H groups in total. The second-order valence-corrected chi connectivity index (χ2v) is 8.16. The summed E-state index contributed by atoms with van der Waals surface area (Å²) in [6.45, 7) is 17.4. The van der Waals surface area contributed by atoms with Gasteiger partial charge in [-0.2, -0.15) is 11.8 Å². The fourth-order valence-corrected chi connectivity index (χ4v) is 3.38. The molecule has 0 aromatic carbocycles. The zero-order valence-corrected chi connectivity index (χ0v) is 13.2. The van der Waals surface area contributed by atoms with E-state index >= 15 is 0 Å². The minimum atomic E-state index is 0.225. The standard InChI is InChI=1S/C14H30N2S/c1-11(2)13(9-15-14(4,5)6)16-7-8-17-12(3)10-16/h11-13,15H,7-10H2,1-6H3. The summed E-state index contributed by atoms with van der Waals surface area (Å²) < 4.78 is 0. The van der Waals surface area contributed by atoms with Gasteiger partial charge in [-0.05, 0) is 26.7 Å². The van der Waals surface area contributed by atoms with E-state index in [1.807, 2.05) is 0 Å². The van der Waals surface area contributed by atoms with Crippen molar-refractivity contribution < 1.29 is 0 Å². The van der Waals surface area contributed by atoms with Crippen molar-refractivity contribution in [2.75, 3.05) is 25.4 Å². The van der Waals surface area contributed by atoms with E-state index in [2.05, 4.69) is 63.5 Å². The van der Waals surface area contributed by atoms with Gasteiger partial charge in [0.25, 0.3) is 0 Å². The normalized spacial score (nSPS) is 25.2. The summed E-state index contributed by atoms with van der Waals surface area (Å²) in [5.74, 6) is 2.01. The van der Waals surface area contributed by atoms with Crippen molar-refractivity contribution in [1.82, 2.24) is 10.2 Å². The number of hydrogen-bond donors (Lipinski definition) is 1. The SMILES string of the molecule is CC1CN(C(CNC(C)(C)C)C(C)C)CCS1. The highest BCUT2D eigenvalue weighted by Gasteiger charge is 2.27. The van der Waals surface area contributed by atoms with Gasteiger partial charge in [0.1, 0.15) is 0 Å². The molecule has 0 saturated carbocycles. The smallest absolute Gasteiger partial charge is 0.0244 e. The number of thioether (sulfide) groups is 1. The maximum atomic E-state index is 3.67. The first-order valence-corrected chi connectivity index (χ1v) is 7.95. The second kappa shape index (κ2) is 6.44. The van der Waals surface area contributed by atoms with E-state index in [1.165, 1.54) is 18.8 Å². The molecule has 17 heavy (non-hydrogen) atoms. The van der Waals surface area contributed by atoms with Crippen LogP contribution in [0.2, 0.25) is 0 Å². The molecule has 1 aliphatic heterocycles. The summed E-state index contributed by atoms with van der Waals surface area (Å²) in [5, 5.41) is 4.46. The molecule has 3 heteroatoms. The first-order valence-electron chi connectivity index (χ1n) is 6.90. The first-order chi connectivity index (χ1) is 7.79.